The molecular weight excluding hydrogens is 278 g/mol. The summed E-state index contributed by atoms with van der Waals surface area (Å²) >= 11 is 0. The van der Waals surface area contributed by atoms with E-state index in [2.05, 4.69) is 15.5 Å². The molecule has 22 heavy (non-hydrogen) atoms. The maximum atomic E-state index is 12.3. The van der Waals surface area contributed by atoms with E-state index in [4.69, 9.17) is 4.42 Å². The van der Waals surface area contributed by atoms with Crippen LogP contribution in [0.4, 0.5) is 0 Å². The average molecular weight is 293 g/mol. The van der Waals surface area contributed by atoms with Gasteiger partial charge in [0.15, 0.2) is 0 Å². The third kappa shape index (κ3) is 2.88. The van der Waals surface area contributed by atoms with Gasteiger partial charge in [-0.15, -0.1) is 0 Å². The number of pyridine rings is 1. The van der Waals surface area contributed by atoms with Gasteiger partial charge in [0, 0.05) is 11.1 Å². The average Bonchev–Trinajstić information content (AvgIpc) is 2.91. The van der Waals surface area contributed by atoms with Crippen molar-refractivity contribution in [2.24, 2.45) is 5.10 Å². The molecule has 0 fully saturated rings. The van der Waals surface area contributed by atoms with E-state index in [-0.39, 0.29) is 5.91 Å². The van der Waals surface area contributed by atoms with Crippen LogP contribution in [0, 0.1) is 13.8 Å². The van der Waals surface area contributed by atoms with Crippen molar-refractivity contribution in [2.75, 3.05) is 0 Å². The Morgan fingerprint density at radius 1 is 1.23 bits per heavy atom. The summed E-state index contributed by atoms with van der Waals surface area (Å²) in [5.74, 6) is 1.11. The predicted octanol–water partition coefficient (Wildman–Crippen LogP) is 3.21. The first-order chi connectivity index (χ1) is 10.6. The van der Waals surface area contributed by atoms with Gasteiger partial charge in [-0.1, -0.05) is 18.2 Å². The lowest BCUT2D eigenvalue weighted by Gasteiger charge is -2.06. The molecule has 1 N–H and O–H groups in total. The second kappa shape index (κ2) is 5.81. The Balaban J connectivity index is 1.84. The lowest BCUT2D eigenvalue weighted by molar-refractivity contribution is 0.0956. The van der Waals surface area contributed by atoms with Gasteiger partial charge >= 0.3 is 0 Å². The first-order valence-electron chi connectivity index (χ1n) is 6.90. The molecule has 0 atom stereocenters. The minimum atomic E-state index is -0.277. The van der Waals surface area contributed by atoms with E-state index in [9.17, 15) is 4.79 Å². The molecule has 2 aromatic heterocycles. The van der Waals surface area contributed by atoms with Crippen LogP contribution in [0.3, 0.4) is 0 Å². The van der Waals surface area contributed by atoms with E-state index >= 15 is 0 Å². The SMILES string of the molecule is Cc1cc(C(=O)N/N=C/c2ccc(C)o2)c2ccccc2n1. The van der Waals surface area contributed by atoms with Crippen LogP contribution < -0.4 is 5.43 Å². The third-order valence-electron chi connectivity index (χ3n) is 3.21. The highest BCUT2D eigenvalue weighted by molar-refractivity contribution is 6.06. The van der Waals surface area contributed by atoms with Crippen molar-refractivity contribution in [2.45, 2.75) is 13.8 Å². The predicted molar refractivity (Wildman–Crippen MR) is 85.0 cm³/mol. The van der Waals surface area contributed by atoms with Gasteiger partial charge in [-0.25, -0.2) is 5.43 Å². The van der Waals surface area contributed by atoms with Gasteiger partial charge in [-0.3, -0.25) is 9.78 Å². The van der Waals surface area contributed by atoms with E-state index in [1.54, 1.807) is 12.1 Å². The summed E-state index contributed by atoms with van der Waals surface area (Å²) in [6.07, 6.45) is 1.47. The molecule has 0 aliphatic rings. The summed E-state index contributed by atoms with van der Waals surface area (Å²) in [6.45, 7) is 3.71. The number of hydrogen-bond acceptors (Lipinski definition) is 4. The summed E-state index contributed by atoms with van der Waals surface area (Å²) in [6, 6.07) is 12.9. The molecule has 2 heterocycles. The van der Waals surface area contributed by atoms with E-state index in [1.807, 2.05) is 44.2 Å². The highest BCUT2D eigenvalue weighted by Crippen LogP contribution is 2.18. The second-order valence-corrected chi connectivity index (χ2v) is 4.98. The second-order valence-electron chi connectivity index (χ2n) is 4.98. The normalized spacial score (nSPS) is 11.2. The Morgan fingerprint density at radius 3 is 2.82 bits per heavy atom. The smallest absolute Gasteiger partial charge is 0.272 e. The number of carbonyl (C=O) groups is 1. The molecule has 0 spiro atoms. The largest absolute Gasteiger partial charge is 0.460 e. The van der Waals surface area contributed by atoms with Crippen LogP contribution >= 0.6 is 0 Å². The molecule has 0 saturated carbocycles. The minimum Gasteiger partial charge on any atom is -0.460 e. The standard InChI is InChI=1S/C17H15N3O2/c1-11-9-15(14-5-3-4-6-16(14)19-11)17(21)20-18-10-13-8-7-12(2)22-13/h3-10H,1-2H3,(H,20,21)/b18-10+. The summed E-state index contributed by atoms with van der Waals surface area (Å²) in [5.41, 5.74) is 4.65. The molecule has 1 amide bonds. The molecule has 3 aromatic rings. The monoisotopic (exact) mass is 293 g/mol. The summed E-state index contributed by atoms with van der Waals surface area (Å²) in [7, 11) is 0. The number of hydrazone groups is 1. The van der Waals surface area contributed by atoms with Crippen molar-refractivity contribution >= 4 is 23.0 Å². The van der Waals surface area contributed by atoms with Crippen LogP contribution in [0.5, 0.6) is 0 Å². The summed E-state index contributed by atoms with van der Waals surface area (Å²) in [4.78, 5) is 16.7. The number of hydrogen-bond donors (Lipinski definition) is 1. The lowest BCUT2D eigenvalue weighted by atomic mass is 10.1. The van der Waals surface area contributed by atoms with Crippen molar-refractivity contribution in [1.29, 1.82) is 0 Å². The Kier molecular flexibility index (Phi) is 3.70. The zero-order chi connectivity index (χ0) is 15.5. The number of aryl methyl sites for hydroxylation is 2. The molecule has 0 saturated heterocycles. The fourth-order valence-electron chi connectivity index (χ4n) is 2.23. The minimum absolute atomic E-state index is 0.277. The highest BCUT2D eigenvalue weighted by Gasteiger charge is 2.11. The van der Waals surface area contributed by atoms with Gasteiger partial charge in [-0.05, 0) is 38.1 Å². The third-order valence-corrected chi connectivity index (χ3v) is 3.21. The van der Waals surface area contributed by atoms with Gasteiger partial charge < -0.3 is 4.42 Å². The number of fused-ring (bicyclic) bond motifs is 1. The van der Waals surface area contributed by atoms with Gasteiger partial charge in [0.1, 0.15) is 11.5 Å². The topological polar surface area (TPSA) is 67.5 Å². The number of para-hydroxylation sites is 1. The Labute approximate surface area is 127 Å². The molecular formula is C17H15N3O2. The van der Waals surface area contributed by atoms with Gasteiger partial charge in [0.2, 0.25) is 0 Å². The molecule has 0 aliphatic heterocycles. The highest BCUT2D eigenvalue weighted by atomic mass is 16.3. The fourth-order valence-corrected chi connectivity index (χ4v) is 2.23. The maximum Gasteiger partial charge on any atom is 0.272 e. The number of carbonyl (C=O) groups excluding carboxylic acids is 1. The number of nitrogens with one attached hydrogen (secondary N) is 1. The van der Waals surface area contributed by atoms with Crippen molar-refractivity contribution < 1.29 is 9.21 Å². The van der Waals surface area contributed by atoms with Crippen LogP contribution in [-0.2, 0) is 0 Å². The molecule has 1 aromatic carbocycles. The summed E-state index contributed by atoms with van der Waals surface area (Å²) in [5, 5.41) is 4.73. The zero-order valence-corrected chi connectivity index (χ0v) is 12.3. The van der Waals surface area contributed by atoms with E-state index in [0.717, 1.165) is 22.4 Å². The Hall–Kier alpha value is -2.95. The van der Waals surface area contributed by atoms with Gasteiger partial charge in [0.25, 0.3) is 5.91 Å². The first-order valence-corrected chi connectivity index (χ1v) is 6.90. The quantitative estimate of drug-likeness (QED) is 0.595. The maximum absolute atomic E-state index is 12.3. The summed E-state index contributed by atoms with van der Waals surface area (Å²) < 4.78 is 5.35. The number of nitrogens with zero attached hydrogens (tertiary/aromatic N) is 2. The molecule has 3 rings (SSSR count). The number of aromatic nitrogens is 1. The van der Waals surface area contributed by atoms with Gasteiger partial charge in [-0.2, -0.15) is 5.10 Å². The zero-order valence-electron chi connectivity index (χ0n) is 12.3. The van der Waals surface area contributed by atoms with E-state index in [0.29, 0.717) is 11.3 Å². The molecule has 0 bridgehead atoms. The lowest BCUT2D eigenvalue weighted by Crippen LogP contribution is -2.18. The fraction of sp³-hybridized carbons (Fsp3) is 0.118. The van der Waals surface area contributed by atoms with Crippen LogP contribution in [0.2, 0.25) is 0 Å². The molecule has 5 heteroatoms. The van der Waals surface area contributed by atoms with E-state index in [1.165, 1.54) is 6.21 Å². The Morgan fingerprint density at radius 2 is 2.05 bits per heavy atom. The van der Waals surface area contributed by atoms with Crippen LogP contribution in [0.15, 0.2) is 52.0 Å². The first kappa shape index (κ1) is 14.0. The van der Waals surface area contributed by atoms with Crippen LogP contribution in [0.1, 0.15) is 27.6 Å². The van der Waals surface area contributed by atoms with Crippen molar-refractivity contribution in [1.82, 2.24) is 10.4 Å². The molecule has 110 valence electrons. The van der Waals surface area contributed by atoms with E-state index < -0.39 is 0 Å². The number of benzene rings is 1. The van der Waals surface area contributed by atoms with Gasteiger partial charge in [0.05, 0.1) is 17.3 Å². The number of furan rings is 1. The number of amides is 1. The molecule has 0 aliphatic carbocycles. The Bertz CT molecular complexity index is 865. The molecule has 0 radical (unpaired) electrons. The van der Waals surface area contributed by atoms with Crippen LogP contribution in [-0.4, -0.2) is 17.1 Å². The van der Waals surface area contributed by atoms with Crippen molar-refractivity contribution in [3.05, 3.63) is 65.2 Å². The molecule has 5 nitrogen and oxygen atoms in total. The van der Waals surface area contributed by atoms with Crippen molar-refractivity contribution in [3.63, 3.8) is 0 Å². The van der Waals surface area contributed by atoms with Crippen LogP contribution in [0.25, 0.3) is 10.9 Å². The number of rotatable bonds is 3. The van der Waals surface area contributed by atoms with Crippen molar-refractivity contribution in [3.8, 4) is 0 Å². The molecule has 0 unspecified atom stereocenters.